The predicted molar refractivity (Wildman–Crippen MR) is 83.5 cm³/mol. The Morgan fingerprint density at radius 2 is 1.90 bits per heavy atom. The molecule has 0 saturated carbocycles. The molecule has 0 aliphatic carbocycles. The molecule has 106 valence electrons. The molecule has 0 amide bonds. The highest BCUT2D eigenvalue weighted by molar-refractivity contribution is 6.31. The van der Waals surface area contributed by atoms with Gasteiger partial charge in [0.05, 0.1) is 5.69 Å². The molecule has 0 aliphatic heterocycles. The molecule has 0 saturated heterocycles. The van der Waals surface area contributed by atoms with Crippen LogP contribution < -0.4 is 10.9 Å². The summed E-state index contributed by atoms with van der Waals surface area (Å²) in [5, 5.41) is 3.99. The van der Waals surface area contributed by atoms with Gasteiger partial charge in [0.25, 0.3) is 5.56 Å². The molecule has 3 rings (SSSR count). The Kier molecular flexibility index (Phi) is 3.99. The molecule has 4 nitrogen and oxygen atoms in total. The van der Waals surface area contributed by atoms with Gasteiger partial charge in [-0.05, 0) is 23.8 Å². The fourth-order valence-electron chi connectivity index (χ4n) is 2.16. The second kappa shape index (κ2) is 6.08. The summed E-state index contributed by atoms with van der Waals surface area (Å²) in [6.45, 7) is 1.15. The van der Waals surface area contributed by atoms with Crippen molar-refractivity contribution in [3.05, 3.63) is 81.4 Å². The lowest BCUT2D eigenvalue weighted by Gasteiger charge is -2.07. The molecule has 0 bridgehead atoms. The summed E-state index contributed by atoms with van der Waals surface area (Å²) >= 11 is 6.10. The number of nitrogens with one attached hydrogen (secondary N) is 1. The minimum absolute atomic E-state index is 0.0739. The lowest BCUT2D eigenvalue weighted by molar-refractivity contribution is 0.678. The van der Waals surface area contributed by atoms with Crippen molar-refractivity contribution < 1.29 is 0 Å². The number of nitrogens with zero attached hydrogens (tertiary/aromatic N) is 2. The average Bonchev–Trinajstić information content (AvgIpc) is 2.49. The van der Waals surface area contributed by atoms with Gasteiger partial charge in [-0.25, -0.2) is 4.98 Å². The van der Waals surface area contributed by atoms with Crippen LogP contribution >= 0.6 is 11.6 Å². The van der Waals surface area contributed by atoms with Crippen molar-refractivity contribution in [2.45, 2.75) is 13.1 Å². The molecule has 1 N–H and O–H groups in total. The van der Waals surface area contributed by atoms with Crippen LogP contribution in [0.4, 0.5) is 0 Å². The SMILES string of the molecule is O=c1cc(CNCc2ccccc2Cl)nc2ccccn12. The van der Waals surface area contributed by atoms with Crippen LogP contribution in [0.5, 0.6) is 0 Å². The van der Waals surface area contributed by atoms with E-state index in [0.29, 0.717) is 18.7 Å². The molecule has 2 aromatic heterocycles. The zero-order valence-corrected chi connectivity index (χ0v) is 12.0. The van der Waals surface area contributed by atoms with Gasteiger partial charge in [-0.1, -0.05) is 35.9 Å². The second-order valence-corrected chi connectivity index (χ2v) is 5.12. The molecule has 21 heavy (non-hydrogen) atoms. The molecular formula is C16H14ClN3O. The first-order chi connectivity index (χ1) is 10.2. The Hall–Kier alpha value is -2.17. The van der Waals surface area contributed by atoms with Crippen molar-refractivity contribution in [2.24, 2.45) is 0 Å². The molecule has 5 heteroatoms. The maximum Gasteiger partial charge on any atom is 0.258 e. The largest absolute Gasteiger partial charge is 0.307 e. The highest BCUT2D eigenvalue weighted by atomic mass is 35.5. The van der Waals surface area contributed by atoms with E-state index in [1.807, 2.05) is 42.5 Å². The van der Waals surface area contributed by atoms with Gasteiger partial charge in [0.1, 0.15) is 5.65 Å². The van der Waals surface area contributed by atoms with Crippen LogP contribution in [0.2, 0.25) is 5.02 Å². The van der Waals surface area contributed by atoms with Gasteiger partial charge < -0.3 is 5.32 Å². The minimum atomic E-state index is -0.0739. The maximum absolute atomic E-state index is 12.0. The van der Waals surface area contributed by atoms with E-state index in [1.165, 1.54) is 4.40 Å². The van der Waals surface area contributed by atoms with Gasteiger partial charge in [0.15, 0.2) is 0 Å². The van der Waals surface area contributed by atoms with Gasteiger partial charge in [0.2, 0.25) is 0 Å². The highest BCUT2D eigenvalue weighted by Gasteiger charge is 2.02. The van der Waals surface area contributed by atoms with Crippen LogP contribution in [0.3, 0.4) is 0 Å². The Bertz CT molecular complexity index is 829. The zero-order valence-electron chi connectivity index (χ0n) is 11.3. The van der Waals surface area contributed by atoms with Crippen molar-refractivity contribution in [1.29, 1.82) is 0 Å². The smallest absolute Gasteiger partial charge is 0.258 e. The topological polar surface area (TPSA) is 46.4 Å². The van der Waals surface area contributed by atoms with Gasteiger partial charge in [-0.15, -0.1) is 0 Å². The molecular weight excluding hydrogens is 286 g/mol. The molecule has 0 radical (unpaired) electrons. The summed E-state index contributed by atoms with van der Waals surface area (Å²) in [7, 11) is 0. The number of benzene rings is 1. The summed E-state index contributed by atoms with van der Waals surface area (Å²) in [4.78, 5) is 16.4. The van der Waals surface area contributed by atoms with E-state index < -0.39 is 0 Å². The van der Waals surface area contributed by atoms with Crippen molar-refractivity contribution in [1.82, 2.24) is 14.7 Å². The van der Waals surface area contributed by atoms with E-state index in [4.69, 9.17) is 11.6 Å². The molecule has 0 atom stereocenters. The first-order valence-corrected chi connectivity index (χ1v) is 7.03. The summed E-state index contributed by atoms with van der Waals surface area (Å²) < 4.78 is 1.53. The monoisotopic (exact) mass is 299 g/mol. The Morgan fingerprint density at radius 3 is 2.76 bits per heavy atom. The fraction of sp³-hybridized carbons (Fsp3) is 0.125. The standard InChI is InChI=1S/C16H14ClN3O/c17-14-6-2-1-5-12(14)10-18-11-13-9-16(21)20-8-4-3-7-15(20)19-13/h1-9,18H,10-11H2. The number of fused-ring (bicyclic) bond motifs is 1. The van der Waals surface area contributed by atoms with E-state index in [0.717, 1.165) is 16.3 Å². The molecule has 0 spiro atoms. The van der Waals surface area contributed by atoms with Gasteiger partial charge in [-0.2, -0.15) is 0 Å². The Balaban J connectivity index is 1.74. The third kappa shape index (κ3) is 3.12. The van der Waals surface area contributed by atoms with Gasteiger partial charge in [-0.3, -0.25) is 9.20 Å². The third-order valence-electron chi connectivity index (χ3n) is 3.20. The van der Waals surface area contributed by atoms with Crippen molar-refractivity contribution in [2.75, 3.05) is 0 Å². The fourth-order valence-corrected chi connectivity index (χ4v) is 2.36. The number of hydrogen-bond donors (Lipinski definition) is 1. The van der Waals surface area contributed by atoms with Crippen LogP contribution in [0.25, 0.3) is 5.65 Å². The van der Waals surface area contributed by atoms with Crippen molar-refractivity contribution >= 4 is 17.2 Å². The summed E-state index contributed by atoms with van der Waals surface area (Å²) in [6.07, 6.45) is 1.71. The van der Waals surface area contributed by atoms with Gasteiger partial charge in [0, 0.05) is 30.4 Å². The van der Waals surface area contributed by atoms with Crippen molar-refractivity contribution in [3.63, 3.8) is 0 Å². The van der Waals surface area contributed by atoms with Crippen LogP contribution in [0.1, 0.15) is 11.3 Å². The average molecular weight is 300 g/mol. The number of rotatable bonds is 4. The Labute approximate surface area is 127 Å². The van der Waals surface area contributed by atoms with Crippen LogP contribution in [-0.4, -0.2) is 9.38 Å². The Morgan fingerprint density at radius 1 is 1.10 bits per heavy atom. The summed E-state index contributed by atoms with van der Waals surface area (Å²) in [5.74, 6) is 0. The minimum Gasteiger partial charge on any atom is -0.307 e. The summed E-state index contributed by atoms with van der Waals surface area (Å²) in [5.41, 5.74) is 2.32. The van der Waals surface area contributed by atoms with Crippen LogP contribution in [0, 0.1) is 0 Å². The zero-order chi connectivity index (χ0) is 14.7. The lowest BCUT2D eigenvalue weighted by atomic mass is 10.2. The number of pyridine rings is 1. The van der Waals surface area contributed by atoms with E-state index in [1.54, 1.807) is 12.3 Å². The maximum atomic E-state index is 12.0. The number of hydrogen-bond acceptors (Lipinski definition) is 3. The summed E-state index contributed by atoms with van der Waals surface area (Å²) in [6, 6.07) is 14.7. The number of aromatic nitrogens is 2. The van der Waals surface area contributed by atoms with Gasteiger partial charge >= 0.3 is 0 Å². The van der Waals surface area contributed by atoms with E-state index in [-0.39, 0.29) is 5.56 Å². The predicted octanol–water partition coefficient (Wildman–Crippen LogP) is 2.64. The molecule has 0 unspecified atom stereocenters. The number of halogens is 1. The first-order valence-electron chi connectivity index (χ1n) is 6.65. The quantitative estimate of drug-likeness (QED) is 0.805. The molecule has 3 aromatic rings. The molecule has 0 aliphatic rings. The van der Waals surface area contributed by atoms with Crippen LogP contribution in [0.15, 0.2) is 59.5 Å². The molecule has 2 heterocycles. The molecule has 1 aromatic carbocycles. The van der Waals surface area contributed by atoms with Crippen molar-refractivity contribution in [3.8, 4) is 0 Å². The normalized spacial score (nSPS) is 10.9. The van der Waals surface area contributed by atoms with E-state index in [2.05, 4.69) is 10.3 Å². The first kappa shape index (κ1) is 13.8. The van der Waals surface area contributed by atoms with Crippen LogP contribution in [-0.2, 0) is 13.1 Å². The highest BCUT2D eigenvalue weighted by Crippen LogP contribution is 2.14. The molecule has 0 fully saturated rings. The lowest BCUT2D eigenvalue weighted by Crippen LogP contribution is -2.19. The third-order valence-corrected chi connectivity index (χ3v) is 3.57. The van der Waals surface area contributed by atoms with E-state index >= 15 is 0 Å². The van der Waals surface area contributed by atoms with E-state index in [9.17, 15) is 4.79 Å². The second-order valence-electron chi connectivity index (χ2n) is 4.71.